The molecule has 1 amide bonds. The summed E-state index contributed by atoms with van der Waals surface area (Å²) in [5, 5.41) is 2.85. The summed E-state index contributed by atoms with van der Waals surface area (Å²) in [6.07, 6.45) is 7.63. The Morgan fingerprint density at radius 2 is 2.30 bits per heavy atom. The molecule has 2 fully saturated rings. The number of amides is 1. The molecule has 0 bridgehead atoms. The summed E-state index contributed by atoms with van der Waals surface area (Å²) < 4.78 is 5.57. The minimum atomic E-state index is 0.164. The second-order valence-electron chi connectivity index (χ2n) is 6.29. The average molecular weight is 330 g/mol. The number of hydrogen-bond acceptors (Lipinski definition) is 6. The molecule has 0 aliphatic carbocycles. The van der Waals surface area contributed by atoms with Gasteiger partial charge in [0.05, 0.1) is 25.0 Å². The van der Waals surface area contributed by atoms with E-state index in [4.69, 9.17) is 4.74 Å². The molecule has 4 rings (SSSR count). The third-order valence-corrected chi connectivity index (χ3v) is 5.53. The molecule has 0 aromatic carbocycles. The average Bonchev–Trinajstić information content (AvgIpc) is 3.22. The van der Waals surface area contributed by atoms with Crippen LogP contribution in [0.5, 0.6) is 0 Å². The fraction of sp³-hybridized carbons (Fsp3) is 0.500. The maximum atomic E-state index is 12.3. The normalized spacial score (nSPS) is 24.5. The predicted octanol–water partition coefficient (Wildman–Crippen LogP) is 2.13. The molecule has 0 saturated carbocycles. The van der Waals surface area contributed by atoms with E-state index in [2.05, 4.69) is 15.0 Å². The van der Waals surface area contributed by atoms with E-state index in [0.717, 1.165) is 49.0 Å². The van der Waals surface area contributed by atoms with Crippen LogP contribution in [0.4, 0.5) is 0 Å². The molecule has 2 aromatic heterocycles. The summed E-state index contributed by atoms with van der Waals surface area (Å²) in [5.74, 6) is 0.219. The Kier molecular flexibility index (Phi) is 3.82. The first-order valence-corrected chi connectivity index (χ1v) is 8.68. The molecule has 2 aliphatic heterocycles. The van der Waals surface area contributed by atoms with Crippen LogP contribution < -0.4 is 0 Å². The molecule has 23 heavy (non-hydrogen) atoms. The highest BCUT2D eigenvalue weighted by molar-refractivity contribution is 7.13. The Hall–Kier alpha value is -1.86. The Morgan fingerprint density at radius 1 is 1.35 bits per heavy atom. The van der Waals surface area contributed by atoms with Crippen LogP contribution in [0.2, 0.25) is 0 Å². The van der Waals surface area contributed by atoms with Crippen molar-refractivity contribution < 1.29 is 9.53 Å². The number of ether oxygens (including phenoxy) is 1. The Morgan fingerprint density at radius 3 is 3.09 bits per heavy atom. The molecule has 2 aromatic rings. The van der Waals surface area contributed by atoms with E-state index in [9.17, 15) is 4.79 Å². The zero-order chi connectivity index (χ0) is 15.7. The monoisotopic (exact) mass is 330 g/mol. The molecule has 0 N–H and O–H groups in total. The Balaban J connectivity index is 1.49. The van der Waals surface area contributed by atoms with Crippen LogP contribution in [-0.4, -0.2) is 45.5 Å². The first-order valence-electron chi connectivity index (χ1n) is 7.80. The summed E-state index contributed by atoms with van der Waals surface area (Å²) in [7, 11) is 0. The van der Waals surface area contributed by atoms with Crippen molar-refractivity contribution in [3.05, 3.63) is 29.7 Å². The van der Waals surface area contributed by atoms with E-state index < -0.39 is 0 Å². The number of likely N-dealkylation sites (tertiary alicyclic amines) is 1. The van der Waals surface area contributed by atoms with Gasteiger partial charge in [-0.05, 0) is 12.8 Å². The lowest BCUT2D eigenvalue weighted by Crippen LogP contribution is -2.46. The molecule has 2 saturated heterocycles. The largest absolute Gasteiger partial charge is 0.381 e. The van der Waals surface area contributed by atoms with Gasteiger partial charge in [-0.25, -0.2) is 4.98 Å². The van der Waals surface area contributed by atoms with E-state index in [1.54, 1.807) is 18.6 Å². The van der Waals surface area contributed by atoms with Crippen molar-refractivity contribution >= 4 is 17.2 Å². The number of carbonyl (C=O) groups excluding carboxylic acids is 1. The maximum absolute atomic E-state index is 12.3. The van der Waals surface area contributed by atoms with Crippen LogP contribution in [0.1, 0.15) is 25.0 Å². The predicted molar refractivity (Wildman–Crippen MR) is 85.7 cm³/mol. The van der Waals surface area contributed by atoms with Gasteiger partial charge >= 0.3 is 0 Å². The molecule has 0 unspecified atom stereocenters. The number of nitrogens with zero attached hydrogens (tertiary/aromatic N) is 4. The lowest BCUT2D eigenvalue weighted by molar-refractivity contribution is -0.138. The summed E-state index contributed by atoms with van der Waals surface area (Å²) in [6.45, 7) is 2.94. The van der Waals surface area contributed by atoms with Crippen LogP contribution in [0.15, 0.2) is 24.0 Å². The topological polar surface area (TPSA) is 68.2 Å². The van der Waals surface area contributed by atoms with Crippen molar-refractivity contribution in [1.82, 2.24) is 19.9 Å². The number of piperidine rings is 1. The number of thiazole rings is 1. The van der Waals surface area contributed by atoms with Crippen molar-refractivity contribution in [2.24, 2.45) is 5.41 Å². The highest BCUT2D eigenvalue weighted by Gasteiger charge is 2.41. The summed E-state index contributed by atoms with van der Waals surface area (Å²) >= 11 is 1.54. The first kappa shape index (κ1) is 14.7. The van der Waals surface area contributed by atoms with Crippen molar-refractivity contribution in [1.29, 1.82) is 0 Å². The molecular formula is C16H18N4O2S. The van der Waals surface area contributed by atoms with E-state index in [1.165, 1.54) is 11.3 Å². The lowest BCUT2D eigenvalue weighted by atomic mass is 9.79. The molecule has 2 aliphatic rings. The fourth-order valence-electron chi connectivity index (χ4n) is 3.32. The van der Waals surface area contributed by atoms with E-state index in [0.29, 0.717) is 13.0 Å². The summed E-state index contributed by atoms with van der Waals surface area (Å²) in [6, 6.07) is 0. The number of carbonyl (C=O) groups is 1. The number of hydrogen-bond donors (Lipinski definition) is 0. The quantitative estimate of drug-likeness (QED) is 0.862. The standard InChI is InChI=1S/C16H18N4O2S/c21-14-1-2-16(3-6-22-11-16)10-20(14)8-12-9-23-15(19-12)13-7-17-4-5-18-13/h4-5,7,9H,1-3,6,8,10-11H2/t16-/m0/s1. The Labute approximate surface area is 138 Å². The molecule has 4 heterocycles. The first-order chi connectivity index (χ1) is 11.2. The van der Waals surface area contributed by atoms with Crippen molar-refractivity contribution in [3.63, 3.8) is 0 Å². The second kappa shape index (κ2) is 5.98. The smallest absolute Gasteiger partial charge is 0.222 e. The zero-order valence-electron chi connectivity index (χ0n) is 12.8. The molecule has 1 atom stereocenters. The van der Waals surface area contributed by atoms with Gasteiger partial charge in [0.25, 0.3) is 0 Å². The van der Waals surface area contributed by atoms with Gasteiger partial charge in [-0.3, -0.25) is 14.8 Å². The van der Waals surface area contributed by atoms with Crippen LogP contribution in [-0.2, 0) is 16.1 Å². The van der Waals surface area contributed by atoms with Crippen LogP contribution in [0.25, 0.3) is 10.7 Å². The molecule has 6 nitrogen and oxygen atoms in total. The van der Waals surface area contributed by atoms with Crippen LogP contribution >= 0.6 is 11.3 Å². The van der Waals surface area contributed by atoms with Crippen molar-refractivity contribution in [2.45, 2.75) is 25.8 Å². The minimum Gasteiger partial charge on any atom is -0.381 e. The van der Waals surface area contributed by atoms with Gasteiger partial charge < -0.3 is 9.64 Å². The van der Waals surface area contributed by atoms with Gasteiger partial charge in [-0.1, -0.05) is 0 Å². The van der Waals surface area contributed by atoms with Gasteiger partial charge in [-0.2, -0.15) is 0 Å². The Bertz CT molecular complexity index is 697. The molecule has 0 radical (unpaired) electrons. The van der Waals surface area contributed by atoms with Crippen LogP contribution in [0, 0.1) is 5.41 Å². The third kappa shape index (κ3) is 2.98. The van der Waals surface area contributed by atoms with E-state index >= 15 is 0 Å². The lowest BCUT2D eigenvalue weighted by Gasteiger charge is -2.38. The maximum Gasteiger partial charge on any atom is 0.222 e. The van der Waals surface area contributed by atoms with Crippen molar-refractivity contribution in [3.8, 4) is 10.7 Å². The summed E-state index contributed by atoms with van der Waals surface area (Å²) in [4.78, 5) is 27.1. The molecule has 1 spiro atoms. The van der Waals surface area contributed by atoms with E-state index in [-0.39, 0.29) is 11.3 Å². The fourth-order valence-corrected chi connectivity index (χ4v) is 4.09. The number of rotatable bonds is 3. The highest BCUT2D eigenvalue weighted by atomic mass is 32.1. The van der Waals surface area contributed by atoms with Gasteiger partial charge in [-0.15, -0.1) is 11.3 Å². The van der Waals surface area contributed by atoms with Gasteiger partial charge in [0.2, 0.25) is 5.91 Å². The SMILES string of the molecule is O=C1CC[C@]2(CCOC2)CN1Cc1csc(-c2cnccn2)n1. The van der Waals surface area contributed by atoms with E-state index in [1.807, 2.05) is 10.3 Å². The van der Waals surface area contributed by atoms with Gasteiger partial charge in [0.15, 0.2) is 0 Å². The second-order valence-corrected chi connectivity index (χ2v) is 7.15. The third-order valence-electron chi connectivity index (χ3n) is 4.62. The number of aromatic nitrogens is 3. The molecule has 7 heteroatoms. The summed E-state index contributed by atoms with van der Waals surface area (Å²) in [5.41, 5.74) is 1.85. The van der Waals surface area contributed by atoms with Gasteiger partial charge in [0, 0.05) is 42.8 Å². The molecule has 120 valence electrons. The molecular weight excluding hydrogens is 312 g/mol. The minimum absolute atomic E-state index is 0.164. The zero-order valence-corrected chi connectivity index (χ0v) is 13.6. The van der Waals surface area contributed by atoms with Gasteiger partial charge in [0.1, 0.15) is 10.7 Å². The van der Waals surface area contributed by atoms with Crippen LogP contribution in [0.3, 0.4) is 0 Å². The van der Waals surface area contributed by atoms with Crippen molar-refractivity contribution in [2.75, 3.05) is 19.8 Å². The highest BCUT2D eigenvalue weighted by Crippen LogP contribution is 2.38.